The average molecular weight is 463 g/mol. The molecule has 1 unspecified atom stereocenters. The first kappa shape index (κ1) is 25.2. The third-order valence-corrected chi connectivity index (χ3v) is 10.4. The maximum atomic E-state index is 12.0. The third kappa shape index (κ3) is 4.19. The number of nitrogens with zero attached hydrogens (tertiary/aromatic N) is 2. The van der Waals surface area contributed by atoms with Gasteiger partial charge in [-0.25, -0.2) is 0 Å². The van der Waals surface area contributed by atoms with E-state index in [1.807, 2.05) is 14.1 Å². The monoisotopic (exact) mass is 462 g/mol. The van der Waals surface area contributed by atoms with Crippen molar-refractivity contribution in [1.82, 2.24) is 4.90 Å². The van der Waals surface area contributed by atoms with Gasteiger partial charge >= 0.3 is 0 Å². The van der Waals surface area contributed by atoms with Gasteiger partial charge in [0.2, 0.25) is 0 Å². The molecule has 0 aromatic heterocycles. The SMILES string of the molecule is CC(/C=N/OCCN(C)C)=C\C1C[C@H](O)C[C@H]2CC[C@@H]3[C@H](CC[C@]4(C)[C@H](O)CC[C@]34O)[C@@]12C. The number of aliphatic hydroxyl groups is 3. The van der Waals surface area contributed by atoms with Crippen LogP contribution in [0.1, 0.15) is 72.1 Å². The molecule has 0 aromatic carbocycles. The number of hydrogen-bond donors (Lipinski definition) is 3. The number of allylic oxidation sites excluding steroid dienone is 2. The summed E-state index contributed by atoms with van der Waals surface area (Å²) in [5, 5.41) is 37.7. The quantitative estimate of drug-likeness (QED) is 0.319. The van der Waals surface area contributed by atoms with Crippen molar-refractivity contribution in [2.75, 3.05) is 27.2 Å². The average Bonchev–Trinajstić information content (AvgIpc) is 2.99. The lowest BCUT2D eigenvalue weighted by atomic mass is 9.41. The van der Waals surface area contributed by atoms with Gasteiger partial charge in [-0.3, -0.25) is 0 Å². The van der Waals surface area contributed by atoms with Crippen molar-refractivity contribution < 1.29 is 20.2 Å². The van der Waals surface area contributed by atoms with Crippen LogP contribution < -0.4 is 0 Å². The smallest absolute Gasteiger partial charge is 0.129 e. The third-order valence-electron chi connectivity index (χ3n) is 10.4. The zero-order valence-corrected chi connectivity index (χ0v) is 21.3. The largest absolute Gasteiger partial charge is 0.394 e. The van der Waals surface area contributed by atoms with E-state index in [2.05, 4.69) is 36.9 Å². The molecule has 4 rings (SSSR count). The second-order valence-corrected chi connectivity index (χ2v) is 12.3. The summed E-state index contributed by atoms with van der Waals surface area (Å²) in [6, 6.07) is 0. The van der Waals surface area contributed by atoms with Crippen LogP contribution in [0.25, 0.3) is 0 Å². The van der Waals surface area contributed by atoms with Gasteiger partial charge < -0.3 is 25.1 Å². The summed E-state index contributed by atoms with van der Waals surface area (Å²) in [7, 11) is 4.02. The van der Waals surface area contributed by atoms with Crippen LogP contribution >= 0.6 is 0 Å². The van der Waals surface area contributed by atoms with Crippen molar-refractivity contribution >= 4 is 6.21 Å². The first-order valence-electron chi connectivity index (χ1n) is 13.1. The normalized spacial score (nSPS) is 48.0. The van der Waals surface area contributed by atoms with Crippen molar-refractivity contribution in [2.45, 2.75) is 89.9 Å². The molecule has 0 aromatic rings. The molecule has 9 atom stereocenters. The van der Waals surface area contributed by atoms with E-state index in [-0.39, 0.29) is 28.8 Å². The minimum Gasteiger partial charge on any atom is -0.394 e. The van der Waals surface area contributed by atoms with E-state index in [0.717, 1.165) is 50.6 Å². The summed E-state index contributed by atoms with van der Waals surface area (Å²) >= 11 is 0. The van der Waals surface area contributed by atoms with Gasteiger partial charge in [-0.1, -0.05) is 25.1 Å². The van der Waals surface area contributed by atoms with Gasteiger partial charge in [0.1, 0.15) is 6.61 Å². The lowest BCUT2D eigenvalue weighted by molar-refractivity contribution is -0.223. The molecule has 6 heteroatoms. The Morgan fingerprint density at radius 2 is 1.82 bits per heavy atom. The van der Waals surface area contributed by atoms with Gasteiger partial charge in [-0.2, -0.15) is 0 Å². The standard InChI is InChI=1S/C27H46N2O4/c1-18(17-28-33-13-12-29(4)5)14-20-16-21(30)15-19-6-7-23-22(26(19,20)3)8-10-25(2)24(31)9-11-27(23,25)32/h14,17,19-24,30-32H,6-13,15-16H2,1-5H3/b18-14+,28-17+/t19-,20?,21-,22+,23-,24-,25-,26-,27+/m1/s1. The lowest BCUT2D eigenvalue weighted by Gasteiger charge is -2.65. The molecule has 4 aliphatic carbocycles. The highest BCUT2D eigenvalue weighted by Gasteiger charge is 2.68. The highest BCUT2D eigenvalue weighted by Crippen LogP contribution is 2.68. The van der Waals surface area contributed by atoms with Crippen LogP contribution in [0.2, 0.25) is 0 Å². The van der Waals surface area contributed by atoms with E-state index in [0.29, 0.717) is 31.3 Å². The number of hydrogen-bond acceptors (Lipinski definition) is 6. The molecule has 0 amide bonds. The lowest BCUT2D eigenvalue weighted by Crippen LogP contribution is -2.64. The maximum Gasteiger partial charge on any atom is 0.129 e. The first-order valence-corrected chi connectivity index (χ1v) is 13.1. The molecule has 0 spiro atoms. The van der Waals surface area contributed by atoms with Crippen LogP contribution in [0.3, 0.4) is 0 Å². The molecule has 0 bridgehead atoms. The minimum absolute atomic E-state index is 0.0353. The van der Waals surface area contributed by atoms with Gasteiger partial charge in [-0.15, -0.1) is 0 Å². The number of oxime groups is 1. The van der Waals surface area contributed by atoms with Crippen molar-refractivity contribution in [2.24, 2.45) is 39.7 Å². The van der Waals surface area contributed by atoms with Gasteiger partial charge in [0.25, 0.3) is 0 Å². The Kier molecular flexibility index (Phi) is 7.05. The van der Waals surface area contributed by atoms with Gasteiger partial charge in [-0.05, 0) is 107 Å². The van der Waals surface area contributed by atoms with E-state index in [4.69, 9.17) is 4.84 Å². The molecule has 0 saturated heterocycles. The van der Waals surface area contributed by atoms with Crippen molar-refractivity contribution in [3.8, 4) is 0 Å². The molecule has 0 heterocycles. The molecule has 0 radical (unpaired) electrons. The van der Waals surface area contributed by atoms with Crippen molar-refractivity contribution in [3.05, 3.63) is 11.6 Å². The second-order valence-electron chi connectivity index (χ2n) is 12.3. The van der Waals surface area contributed by atoms with Crippen LogP contribution in [0, 0.1) is 34.5 Å². The zero-order chi connectivity index (χ0) is 24.0. The Hall–Kier alpha value is -0.950. The molecule has 0 aliphatic heterocycles. The zero-order valence-electron chi connectivity index (χ0n) is 21.3. The summed E-state index contributed by atoms with van der Waals surface area (Å²) in [5.41, 5.74) is -0.0572. The maximum absolute atomic E-state index is 12.0. The summed E-state index contributed by atoms with van der Waals surface area (Å²) in [6.07, 6.45) is 10.5. The topological polar surface area (TPSA) is 85.5 Å². The van der Waals surface area contributed by atoms with Crippen LogP contribution in [-0.2, 0) is 4.84 Å². The predicted octanol–water partition coefficient (Wildman–Crippen LogP) is 3.60. The van der Waals surface area contributed by atoms with E-state index in [1.54, 1.807) is 6.21 Å². The van der Waals surface area contributed by atoms with E-state index in [1.165, 1.54) is 0 Å². The fraction of sp³-hybridized carbons (Fsp3) is 0.889. The summed E-state index contributed by atoms with van der Waals surface area (Å²) in [4.78, 5) is 7.47. The van der Waals surface area contributed by atoms with Crippen molar-refractivity contribution in [1.29, 1.82) is 0 Å². The van der Waals surface area contributed by atoms with Gasteiger partial charge in [0.05, 0.1) is 24.0 Å². The molecule has 4 fully saturated rings. The Morgan fingerprint density at radius 1 is 1.06 bits per heavy atom. The number of aliphatic hydroxyl groups excluding tert-OH is 2. The highest BCUT2D eigenvalue weighted by atomic mass is 16.6. The first-order chi connectivity index (χ1) is 15.5. The van der Waals surface area contributed by atoms with Gasteiger partial charge in [0.15, 0.2) is 0 Å². The Morgan fingerprint density at radius 3 is 2.55 bits per heavy atom. The molecule has 6 nitrogen and oxygen atoms in total. The van der Waals surface area contributed by atoms with E-state index >= 15 is 0 Å². The van der Waals surface area contributed by atoms with Crippen LogP contribution in [0.15, 0.2) is 16.8 Å². The van der Waals surface area contributed by atoms with Gasteiger partial charge in [0, 0.05) is 12.0 Å². The fourth-order valence-electron chi connectivity index (χ4n) is 8.34. The van der Waals surface area contributed by atoms with E-state index in [9.17, 15) is 15.3 Å². The number of likely N-dealkylation sites (N-methyl/N-ethyl adjacent to an activating group) is 1. The molecular weight excluding hydrogens is 416 g/mol. The number of rotatable bonds is 6. The molecular formula is C27H46N2O4. The molecule has 4 saturated carbocycles. The van der Waals surface area contributed by atoms with Crippen LogP contribution in [0.4, 0.5) is 0 Å². The van der Waals surface area contributed by atoms with Crippen LogP contribution in [0.5, 0.6) is 0 Å². The fourth-order valence-corrected chi connectivity index (χ4v) is 8.34. The van der Waals surface area contributed by atoms with Crippen LogP contribution in [-0.4, -0.2) is 71.5 Å². The highest BCUT2D eigenvalue weighted by molar-refractivity contribution is 5.77. The second kappa shape index (κ2) is 9.25. The molecule has 3 N–H and O–H groups in total. The summed E-state index contributed by atoms with van der Waals surface area (Å²) in [6.45, 7) is 8.00. The number of fused-ring (bicyclic) bond motifs is 5. The Labute approximate surface area is 200 Å². The van der Waals surface area contributed by atoms with Crippen molar-refractivity contribution in [3.63, 3.8) is 0 Å². The molecule has 33 heavy (non-hydrogen) atoms. The molecule has 188 valence electrons. The van der Waals surface area contributed by atoms with E-state index < -0.39 is 11.7 Å². The molecule has 4 aliphatic rings. The summed E-state index contributed by atoms with van der Waals surface area (Å²) in [5.74, 6) is 1.34. The Balaban J connectivity index is 1.57. The minimum atomic E-state index is -0.773. The Bertz CT molecular complexity index is 769. The predicted molar refractivity (Wildman–Crippen MR) is 131 cm³/mol. The summed E-state index contributed by atoms with van der Waals surface area (Å²) < 4.78 is 0.